The summed E-state index contributed by atoms with van der Waals surface area (Å²) in [4.78, 5) is 14.1. The zero-order chi connectivity index (χ0) is 12.3. The van der Waals surface area contributed by atoms with Crippen molar-refractivity contribution >= 4 is 27.4 Å². The van der Waals surface area contributed by atoms with Crippen molar-refractivity contribution in [2.24, 2.45) is 0 Å². The van der Waals surface area contributed by atoms with Crippen LogP contribution < -0.4 is 5.73 Å². The Bertz CT molecular complexity index is 417. The van der Waals surface area contributed by atoms with E-state index in [0.717, 1.165) is 17.6 Å². The van der Waals surface area contributed by atoms with E-state index in [1.54, 1.807) is 12.1 Å². The fraction of sp³-hybridized carbons (Fsp3) is 0.417. The molecule has 0 atom stereocenters. The number of rotatable bonds is 3. The van der Waals surface area contributed by atoms with Crippen molar-refractivity contribution in [3.63, 3.8) is 0 Å². The number of carbonyl (C=O) groups excluding carboxylic acids is 1. The van der Waals surface area contributed by atoms with E-state index in [1.165, 1.54) is 0 Å². The summed E-state index contributed by atoms with van der Waals surface area (Å²) >= 11 is 3.31. The van der Waals surface area contributed by atoms with Crippen LogP contribution in [0, 0.1) is 0 Å². The Hall–Kier alpha value is -0.910. The first kappa shape index (κ1) is 12.5. The lowest BCUT2D eigenvalue weighted by Gasteiger charge is -2.25. The lowest BCUT2D eigenvalue weighted by atomic mass is 10.1. The predicted molar refractivity (Wildman–Crippen MR) is 70.1 cm³/mol. The van der Waals surface area contributed by atoms with E-state index in [9.17, 15) is 4.79 Å². The Labute approximate surface area is 109 Å². The number of Topliss-reactive ketones (excluding diaryl/α,β-unsaturated/α-hetero) is 1. The molecule has 0 saturated carbocycles. The number of halogens is 1. The summed E-state index contributed by atoms with van der Waals surface area (Å²) in [7, 11) is 0. The molecule has 17 heavy (non-hydrogen) atoms. The molecule has 92 valence electrons. The number of anilines is 1. The van der Waals surface area contributed by atoms with Gasteiger partial charge in [-0.2, -0.15) is 0 Å². The molecule has 2 rings (SSSR count). The second-order valence-corrected chi connectivity index (χ2v) is 4.90. The van der Waals surface area contributed by atoms with Gasteiger partial charge >= 0.3 is 0 Å². The molecule has 5 heteroatoms. The van der Waals surface area contributed by atoms with Crippen molar-refractivity contribution in [1.29, 1.82) is 0 Å². The van der Waals surface area contributed by atoms with E-state index in [1.807, 2.05) is 6.07 Å². The number of benzene rings is 1. The van der Waals surface area contributed by atoms with Crippen molar-refractivity contribution < 1.29 is 9.53 Å². The molecule has 1 heterocycles. The molecule has 0 unspecified atom stereocenters. The van der Waals surface area contributed by atoms with E-state index in [4.69, 9.17) is 10.5 Å². The third-order valence-electron chi connectivity index (χ3n) is 2.79. The minimum absolute atomic E-state index is 0.103. The zero-order valence-electron chi connectivity index (χ0n) is 9.49. The van der Waals surface area contributed by atoms with Gasteiger partial charge in [-0.15, -0.1) is 0 Å². The lowest BCUT2D eigenvalue weighted by molar-refractivity contribution is 0.0371. The summed E-state index contributed by atoms with van der Waals surface area (Å²) in [6.45, 7) is 3.48. The number of ether oxygens (including phenoxy) is 1. The molecule has 0 bridgehead atoms. The SMILES string of the molecule is Nc1cc(C(=O)CN2CCOCC2)ccc1Br. The maximum Gasteiger partial charge on any atom is 0.176 e. The van der Waals surface area contributed by atoms with E-state index >= 15 is 0 Å². The summed E-state index contributed by atoms with van der Waals surface area (Å²) in [5.41, 5.74) is 7.02. The summed E-state index contributed by atoms with van der Waals surface area (Å²) in [5, 5.41) is 0. The van der Waals surface area contributed by atoms with Crippen LogP contribution in [0.25, 0.3) is 0 Å². The molecule has 0 spiro atoms. The molecule has 2 N–H and O–H groups in total. The standard InChI is InChI=1S/C12H15BrN2O2/c13-10-2-1-9(7-11(10)14)12(16)8-15-3-5-17-6-4-15/h1-2,7H,3-6,8,14H2. The smallest absolute Gasteiger partial charge is 0.176 e. The van der Waals surface area contributed by atoms with Gasteiger partial charge in [0.2, 0.25) is 0 Å². The average Bonchev–Trinajstić information content (AvgIpc) is 2.34. The fourth-order valence-corrected chi connectivity index (χ4v) is 2.02. The summed E-state index contributed by atoms with van der Waals surface area (Å²) in [6, 6.07) is 5.32. The Morgan fingerprint density at radius 2 is 2.12 bits per heavy atom. The molecule has 0 radical (unpaired) electrons. The number of hydrogen-bond acceptors (Lipinski definition) is 4. The predicted octanol–water partition coefficient (Wildman–Crippen LogP) is 1.55. The number of hydrogen-bond donors (Lipinski definition) is 1. The highest BCUT2D eigenvalue weighted by Gasteiger charge is 2.15. The molecule has 0 amide bonds. The Morgan fingerprint density at radius 1 is 1.41 bits per heavy atom. The maximum atomic E-state index is 12.0. The van der Waals surface area contributed by atoms with Gasteiger partial charge < -0.3 is 10.5 Å². The van der Waals surface area contributed by atoms with E-state index in [0.29, 0.717) is 31.0 Å². The normalized spacial score (nSPS) is 17.0. The Balaban J connectivity index is 2.01. The number of carbonyl (C=O) groups is 1. The molecule has 4 nitrogen and oxygen atoms in total. The van der Waals surface area contributed by atoms with Gasteiger partial charge in [0.05, 0.1) is 19.8 Å². The van der Waals surface area contributed by atoms with Crippen LogP contribution in [0.3, 0.4) is 0 Å². The second kappa shape index (κ2) is 5.62. The van der Waals surface area contributed by atoms with Crippen LogP contribution in [-0.2, 0) is 4.74 Å². The van der Waals surface area contributed by atoms with Crippen LogP contribution in [-0.4, -0.2) is 43.5 Å². The third kappa shape index (κ3) is 3.28. The van der Waals surface area contributed by atoms with Gasteiger partial charge in [-0.25, -0.2) is 0 Å². The first-order valence-corrected chi connectivity index (χ1v) is 6.34. The van der Waals surface area contributed by atoms with Crippen molar-refractivity contribution in [3.8, 4) is 0 Å². The quantitative estimate of drug-likeness (QED) is 0.679. The molecule has 1 fully saturated rings. The first-order chi connectivity index (χ1) is 8.16. The topological polar surface area (TPSA) is 55.6 Å². The fourth-order valence-electron chi connectivity index (χ4n) is 1.77. The van der Waals surface area contributed by atoms with Crippen molar-refractivity contribution in [1.82, 2.24) is 4.90 Å². The molecule has 0 aliphatic carbocycles. The highest BCUT2D eigenvalue weighted by molar-refractivity contribution is 9.10. The van der Waals surface area contributed by atoms with Crippen LogP contribution in [0.1, 0.15) is 10.4 Å². The molecule has 0 aromatic heterocycles. The van der Waals surface area contributed by atoms with Crippen molar-refractivity contribution in [2.45, 2.75) is 0 Å². The second-order valence-electron chi connectivity index (χ2n) is 4.05. The molecule has 1 aliphatic heterocycles. The molecule has 1 aromatic carbocycles. The van der Waals surface area contributed by atoms with Gasteiger partial charge in [0.15, 0.2) is 5.78 Å². The van der Waals surface area contributed by atoms with Crippen molar-refractivity contribution in [3.05, 3.63) is 28.2 Å². The highest BCUT2D eigenvalue weighted by atomic mass is 79.9. The number of morpholine rings is 1. The molecular weight excluding hydrogens is 284 g/mol. The highest BCUT2D eigenvalue weighted by Crippen LogP contribution is 2.20. The van der Waals surface area contributed by atoms with Crippen LogP contribution in [0.5, 0.6) is 0 Å². The first-order valence-electron chi connectivity index (χ1n) is 5.55. The summed E-state index contributed by atoms with van der Waals surface area (Å²) < 4.78 is 6.06. The van der Waals surface area contributed by atoms with Gasteiger partial charge in [0.1, 0.15) is 0 Å². The lowest BCUT2D eigenvalue weighted by Crippen LogP contribution is -2.39. The zero-order valence-corrected chi connectivity index (χ0v) is 11.1. The van der Waals surface area contributed by atoms with Gasteiger partial charge in [-0.05, 0) is 28.1 Å². The number of ketones is 1. The maximum absolute atomic E-state index is 12.0. The van der Waals surface area contributed by atoms with Crippen LogP contribution >= 0.6 is 15.9 Å². The molecular formula is C12H15BrN2O2. The average molecular weight is 299 g/mol. The van der Waals surface area contributed by atoms with Gasteiger partial charge in [-0.3, -0.25) is 9.69 Å². The van der Waals surface area contributed by atoms with Crippen LogP contribution in [0.2, 0.25) is 0 Å². The molecule has 1 aromatic rings. The largest absolute Gasteiger partial charge is 0.398 e. The molecule has 1 saturated heterocycles. The van der Waals surface area contributed by atoms with Gasteiger partial charge in [-0.1, -0.05) is 6.07 Å². The van der Waals surface area contributed by atoms with Crippen molar-refractivity contribution in [2.75, 3.05) is 38.6 Å². The minimum Gasteiger partial charge on any atom is -0.398 e. The van der Waals surface area contributed by atoms with Crippen LogP contribution in [0.15, 0.2) is 22.7 Å². The third-order valence-corrected chi connectivity index (χ3v) is 3.51. The van der Waals surface area contributed by atoms with E-state index in [-0.39, 0.29) is 5.78 Å². The number of nitrogen functional groups attached to an aromatic ring is 1. The van der Waals surface area contributed by atoms with Gasteiger partial charge in [0.25, 0.3) is 0 Å². The summed E-state index contributed by atoms with van der Waals surface area (Å²) in [5.74, 6) is 0.103. The van der Waals surface area contributed by atoms with E-state index in [2.05, 4.69) is 20.8 Å². The van der Waals surface area contributed by atoms with E-state index < -0.39 is 0 Å². The van der Waals surface area contributed by atoms with Gasteiger partial charge in [0, 0.05) is 28.8 Å². The monoisotopic (exact) mass is 298 g/mol. The minimum atomic E-state index is 0.103. The van der Waals surface area contributed by atoms with Crippen LogP contribution in [0.4, 0.5) is 5.69 Å². The number of nitrogens with two attached hydrogens (primary N) is 1. The molecule has 1 aliphatic rings. The Kier molecular flexibility index (Phi) is 4.15. The Morgan fingerprint density at radius 3 is 2.76 bits per heavy atom. The summed E-state index contributed by atoms with van der Waals surface area (Å²) in [6.07, 6.45) is 0. The number of nitrogens with zero attached hydrogens (tertiary/aromatic N) is 1.